The van der Waals surface area contributed by atoms with Crippen LogP contribution in [-0.4, -0.2) is 51.0 Å². The number of aryl methyl sites for hydroxylation is 2. The first kappa shape index (κ1) is 27.9. The zero-order chi connectivity index (χ0) is 28.2. The average molecular weight is 569 g/mol. The molecule has 0 aliphatic rings. The number of ether oxygens (including phenoxy) is 1. The van der Waals surface area contributed by atoms with Gasteiger partial charge in [0.2, 0.25) is 11.1 Å². The molecule has 0 fully saturated rings. The molecule has 0 unspecified atom stereocenters. The molecule has 0 radical (unpaired) electrons. The highest BCUT2D eigenvalue weighted by Gasteiger charge is 2.17. The summed E-state index contributed by atoms with van der Waals surface area (Å²) in [6.07, 6.45) is 0.0240. The van der Waals surface area contributed by atoms with Crippen molar-refractivity contribution in [3.63, 3.8) is 0 Å². The summed E-state index contributed by atoms with van der Waals surface area (Å²) in [6, 6.07) is 14.7. The molecule has 0 saturated carbocycles. The van der Waals surface area contributed by atoms with E-state index in [2.05, 4.69) is 30.2 Å². The molecule has 4 aromatic rings. The van der Waals surface area contributed by atoms with Gasteiger partial charge in [0.1, 0.15) is 17.4 Å². The number of thioether (sulfide) groups is 1. The van der Waals surface area contributed by atoms with Crippen LogP contribution in [0.3, 0.4) is 0 Å². The molecule has 0 aliphatic carbocycles. The summed E-state index contributed by atoms with van der Waals surface area (Å²) in [5.74, 6) is 7.64. The third-order valence-electron chi connectivity index (χ3n) is 5.11. The molecule has 204 valence electrons. The van der Waals surface area contributed by atoms with E-state index >= 15 is 0 Å². The maximum Gasteiger partial charge on any atom is 0.263 e. The number of hydrogen-bond acceptors (Lipinski definition) is 10. The minimum atomic E-state index is -3.87. The highest BCUT2D eigenvalue weighted by atomic mass is 32.2. The van der Waals surface area contributed by atoms with Gasteiger partial charge < -0.3 is 15.9 Å². The summed E-state index contributed by atoms with van der Waals surface area (Å²) in [5.41, 5.74) is 1.81. The Morgan fingerprint density at radius 2 is 1.82 bits per heavy atom. The number of anilines is 2. The Balaban J connectivity index is 1.35. The number of sulfonamides is 1. The first-order chi connectivity index (χ1) is 18.5. The number of carbonyl (C=O) groups is 1. The van der Waals surface area contributed by atoms with Crippen molar-refractivity contribution < 1.29 is 17.9 Å². The third kappa shape index (κ3) is 7.23. The number of nitrogens with one attached hydrogen (secondary N) is 2. The third-order valence-corrected chi connectivity index (χ3v) is 7.43. The molecule has 0 spiro atoms. The summed E-state index contributed by atoms with van der Waals surface area (Å²) in [5, 5.41) is 11.3. The van der Waals surface area contributed by atoms with Crippen LogP contribution in [-0.2, 0) is 14.8 Å². The lowest BCUT2D eigenvalue weighted by atomic mass is 10.2. The average Bonchev–Trinajstić information content (AvgIpc) is 3.22. The summed E-state index contributed by atoms with van der Waals surface area (Å²) in [7, 11) is -3.87. The van der Waals surface area contributed by atoms with Gasteiger partial charge >= 0.3 is 0 Å². The number of nitrogens with zero attached hydrogens (tertiary/aromatic N) is 5. The lowest BCUT2D eigenvalue weighted by Crippen LogP contribution is -2.17. The topological polar surface area (TPSA) is 167 Å². The van der Waals surface area contributed by atoms with Crippen molar-refractivity contribution in [2.24, 2.45) is 0 Å². The summed E-state index contributed by atoms with van der Waals surface area (Å²) in [4.78, 5) is 20.8. The molecular weight excluding hydrogens is 540 g/mol. The molecule has 1 amide bonds. The van der Waals surface area contributed by atoms with E-state index in [1.165, 1.54) is 28.9 Å². The van der Waals surface area contributed by atoms with Gasteiger partial charge in [-0.15, -0.1) is 10.2 Å². The molecule has 0 bridgehead atoms. The minimum absolute atomic E-state index is 0.0137. The molecule has 4 rings (SSSR count). The van der Waals surface area contributed by atoms with Crippen molar-refractivity contribution in [1.29, 1.82) is 0 Å². The fourth-order valence-corrected chi connectivity index (χ4v) is 5.21. The second-order valence-electron chi connectivity index (χ2n) is 8.78. The Hall–Kier alpha value is -4.17. The van der Waals surface area contributed by atoms with Crippen LogP contribution in [0, 0.1) is 13.8 Å². The highest BCUT2D eigenvalue weighted by Crippen LogP contribution is 2.25. The van der Waals surface area contributed by atoms with Gasteiger partial charge in [-0.1, -0.05) is 23.9 Å². The summed E-state index contributed by atoms with van der Waals surface area (Å²) < 4.78 is 34.9. The monoisotopic (exact) mass is 568 g/mol. The Morgan fingerprint density at radius 3 is 2.51 bits per heavy atom. The second-order valence-corrected chi connectivity index (χ2v) is 11.4. The van der Waals surface area contributed by atoms with Crippen molar-refractivity contribution in [2.45, 2.75) is 43.9 Å². The molecule has 14 heteroatoms. The summed E-state index contributed by atoms with van der Waals surface area (Å²) >= 11 is 1.12. The molecule has 2 aromatic heterocycles. The van der Waals surface area contributed by atoms with Gasteiger partial charge in [0.25, 0.3) is 10.0 Å². The molecule has 0 saturated heterocycles. The van der Waals surface area contributed by atoms with E-state index < -0.39 is 10.0 Å². The van der Waals surface area contributed by atoms with Crippen LogP contribution in [0.15, 0.2) is 64.6 Å². The molecule has 0 aliphatic heterocycles. The first-order valence-electron chi connectivity index (χ1n) is 11.9. The van der Waals surface area contributed by atoms with Crippen LogP contribution < -0.4 is 20.6 Å². The largest absolute Gasteiger partial charge is 0.491 e. The fourth-order valence-electron chi connectivity index (χ4n) is 3.56. The van der Waals surface area contributed by atoms with E-state index in [-0.39, 0.29) is 28.5 Å². The van der Waals surface area contributed by atoms with E-state index in [1.54, 1.807) is 19.9 Å². The summed E-state index contributed by atoms with van der Waals surface area (Å²) in [6.45, 7) is 7.31. The Bertz CT molecular complexity index is 1570. The zero-order valence-corrected chi connectivity index (χ0v) is 23.4. The van der Waals surface area contributed by atoms with E-state index in [4.69, 9.17) is 10.6 Å². The Morgan fingerprint density at radius 1 is 1.08 bits per heavy atom. The van der Waals surface area contributed by atoms with Gasteiger partial charge in [-0.25, -0.2) is 23.1 Å². The molecule has 4 N–H and O–H groups in total. The van der Waals surface area contributed by atoms with Gasteiger partial charge in [-0.05, 0) is 64.1 Å². The number of rotatable bonds is 10. The molecule has 0 atom stereocenters. The molecular formula is C25H28N8O4S2. The second kappa shape index (κ2) is 11.7. The van der Waals surface area contributed by atoms with Gasteiger partial charge in [0.15, 0.2) is 5.82 Å². The van der Waals surface area contributed by atoms with Crippen molar-refractivity contribution >= 4 is 39.2 Å². The number of nitrogen functional groups attached to an aromatic ring is 1. The minimum Gasteiger partial charge on any atom is -0.491 e. The number of carbonyl (C=O) groups excluding carboxylic acids is 1. The molecule has 12 nitrogen and oxygen atoms in total. The number of amides is 1. The van der Waals surface area contributed by atoms with E-state index in [9.17, 15) is 13.2 Å². The van der Waals surface area contributed by atoms with Crippen molar-refractivity contribution in [1.82, 2.24) is 24.8 Å². The predicted molar refractivity (Wildman–Crippen MR) is 149 cm³/mol. The number of nitrogens with two attached hydrogens (primary N) is 1. The van der Waals surface area contributed by atoms with Crippen LogP contribution in [0.5, 0.6) is 5.75 Å². The SMILES string of the molecule is Cc1cc(NS(=O)(=O)c2ccc(NC(=O)CSc3nnc(-c4cccc(OC(C)C)c4)n3N)cc2)nc(C)n1. The highest BCUT2D eigenvalue weighted by molar-refractivity contribution is 7.99. The van der Waals surface area contributed by atoms with E-state index in [1.807, 2.05) is 38.1 Å². The molecule has 39 heavy (non-hydrogen) atoms. The number of benzene rings is 2. The van der Waals surface area contributed by atoms with Gasteiger partial charge in [0, 0.05) is 23.0 Å². The van der Waals surface area contributed by atoms with Crippen LogP contribution in [0.25, 0.3) is 11.4 Å². The van der Waals surface area contributed by atoms with Gasteiger partial charge in [0.05, 0.1) is 16.8 Å². The van der Waals surface area contributed by atoms with Gasteiger partial charge in [-0.2, -0.15) is 0 Å². The van der Waals surface area contributed by atoms with Crippen molar-refractivity contribution in [3.05, 3.63) is 66.1 Å². The van der Waals surface area contributed by atoms with Crippen LogP contribution in [0.4, 0.5) is 11.5 Å². The lowest BCUT2D eigenvalue weighted by molar-refractivity contribution is -0.113. The molecule has 2 aromatic carbocycles. The molecule has 2 heterocycles. The van der Waals surface area contributed by atoms with Crippen molar-refractivity contribution in [2.75, 3.05) is 21.6 Å². The number of hydrogen-bond donors (Lipinski definition) is 3. The quantitative estimate of drug-likeness (QED) is 0.191. The predicted octanol–water partition coefficient (Wildman–Crippen LogP) is 3.38. The van der Waals surface area contributed by atoms with Crippen LogP contribution >= 0.6 is 11.8 Å². The first-order valence-corrected chi connectivity index (χ1v) is 14.3. The Kier molecular flexibility index (Phi) is 8.35. The maximum absolute atomic E-state index is 12.7. The maximum atomic E-state index is 12.7. The number of aromatic nitrogens is 5. The van der Waals surface area contributed by atoms with Crippen molar-refractivity contribution in [3.8, 4) is 17.1 Å². The fraction of sp³-hybridized carbons (Fsp3) is 0.240. The van der Waals surface area contributed by atoms with E-state index in [0.717, 1.165) is 17.3 Å². The smallest absolute Gasteiger partial charge is 0.263 e. The standard InChI is InChI=1S/C25H28N8O4S2/c1-15(2)37-20-7-5-6-18(13-20)24-30-31-25(33(24)26)38-14-23(34)29-19-8-10-21(11-9-19)39(35,36)32-22-12-16(3)27-17(4)28-22/h5-13,15H,14,26H2,1-4H3,(H,29,34)(H,27,28,32). The van der Waals surface area contributed by atoms with Crippen LogP contribution in [0.1, 0.15) is 25.4 Å². The van der Waals surface area contributed by atoms with Gasteiger partial charge in [-0.3, -0.25) is 9.52 Å². The lowest BCUT2D eigenvalue weighted by Gasteiger charge is -2.11. The van der Waals surface area contributed by atoms with E-state index in [0.29, 0.717) is 33.9 Å². The normalized spacial score (nSPS) is 11.4. The Labute approximate surface area is 230 Å². The zero-order valence-electron chi connectivity index (χ0n) is 21.7. The van der Waals surface area contributed by atoms with Crippen LogP contribution in [0.2, 0.25) is 0 Å².